The molecule has 6 heteroatoms. The van der Waals surface area contributed by atoms with Gasteiger partial charge in [0.1, 0.15) is 5.69 Å². The molecule has 0 aromatic carbocycles. The van der Waals surface area contributed by atoms with Gasteiger partial charge < -0.3 is 9.30 Å². The van der Waals surface area contributed by atoms with E-state index in [1.807, 2.05) is 21.6 Å². The summed E-state index contributed by atoms with van der Waals surface area (Å²) in [6.45, 7) is 5.40. The number of aromatic nitrogens is 5. The van der Waals surface area contributed by atoms with E-state index in [9.17, 15) is 0 Å². The number of nitrogens with zero attached hydrogens (tertiary/aromatic N) is 5. The van der Waals surface area contributed by atoms with Crippen LogP contribution in [0.2, 0.25) is 0 Å². The molecule has 0 N–H and O–H groups in total. The average molecular weight is 233 g/mol. The molecule has 0 saturated carbocycles. The van der Waals surface area contributed by atoms with E-state index < -0.39 is 0 Å². The van der Waals surface area contributed by atoms with Crippen molar-refractivity contribution in [3.8, 4) is 0 Å². The Morgan fingerprint density at radius 3 is 3.00 bits per heavy atom. The summed E-state index contributed by atoms with van der Waals surface area (Å²) < 4.78 is 9.10. The summed E-state index contributed by atoms with van der Waals surface area (Å²) in [6.07, 6.45) is 7.45. The van der Waals surface area contributed by atoms with Gasteiger partial charge in [0.05, 0.1) is 38.8 Å². The second kappa shape index (κ2) is 3.96. The van der Waals surface area contributed by atoms with Crippen LogP contribution in [-0.2, 0) is 17.8 Å². The van der Waals surface area contributed by atoms with Gasteiger partial charge in [-0.2, -0.15) is 0 Å². The molecule has 0 spiro atoms. The molecule has 0 atom stereocenters. The summed E-state index contributed by atoms with van der Waals surface area (Å²) in [7, 11) is 0. The highest BCUT2D eigenvalue weighted by molar-refractivity contribution is 4.95. The van der Waals surface area contributed by atoms with E-state index in [0.717, 1.165) is 25.5 Å². The van der Waals surface area contributed by atoms with Crippen molar-refractivity contribution < 1.29 is 4.74 Å². The van der Waals surface area contributed by atoms with E-state index in [1.54, 1.807) is 12.5 Å². The van der Waals surface area contributed by atoms with Gasteiger partial charge in [0, 0.05) is 17.8 Å². The third-order valence-corrected chi connectivity index (χ3v) is 2.93. The van der Waals surface area contributed by atoms with Crippen molar-refractivity contribution in [1.29, 1.82) is 0 Å². The molecule has 3 rings (SSSR count). The van der Waals surface area contributed by atoms with Gasteiger partial charge in [0.15, 0.2) is 0 Å². The number of hydrogen-bond donors (Lipinski definition) is 0. The van der Waals surface area contributed by atoms with Crippen LogP contribution in [0.15, 0.2) is 24.9 Å². The van der Waals surface area contributed by atoms with Crippen LogP contribution in [0.5, 0.6) is 0 Å². The van der Waals surface area contributed by atoms with Gasteiger partial charge in [-0.1, -0.05) is 12.1 Å². The Balaban J connectivity index is 1.66. The summed E-state index contributed by atoms with van der Waals surface area (Å²) >= 11 is 0. The molecule has 90 valence electrons. The first-order valence-electron chi connectivity index (χ1n) is 5.66. The quantitative estimate of drug-likeness (QED) is 0.774. The molecular formula is C11H15N5O. The monoisotopic (exact) mass is 233 g/mol. The Morgan fingerprint density at radius 2 is 2.35 bits per heavy atom. The normalized spacial score (nSPS) is 17.9. The first-order chi connectivity index (χ1) is 8.23. The number of rotatable bonds is 4. The highest BCUT2D eigenvalue weighted by Gasteiger charge is 2.34. The fraction of sp³-hybridized carbons (Fsp3) is 0.545. The summed E-state index contributed by atoms with van der Waals surface area (Å²) in [6, 6.07) is 0. The molecule has 0 unspecified atom stereocenters. The Hall–Kier alpha value is -1.69. The second-order valence-electron chi connectivity index (χ2n) is 4.95. The Labute approximate surface area is 99.2 Å². The molecule has 0 amide bonds. The van der Waals surface area contributed by atoms with Crippen molar-refractivity contribution >= 4 is 0 Å². The summed E-state index contributed by atoms with van der Waals surface area (Å²) in [4.78, 5) is 4.00. The third kappa shape index (κ3) is 2.21. The van der Waals surface area contributed by atoms with Crippen LogP contribution in [0, 0.1) is 5.41 Å². The van der Waals surface area contributed by atoms with Gasteiger partial charge in [-0.05, 0) is 0 Å². The first kappa shape index (κ1) is 10.5. The molecule has 1 aliphatic rings. The molecule has 2 aromatic heterocycles. The van der Waals surface area contributed by atoms with E-state index >= 15 is 0 Å². The molecule has 3 heterocycles. The van der Waals surface area contributed by atoms with Crippen LogP contribution < -0.4 is 0 Å². The van der Waals surface area contributed by atoms with Gasteiger partial charge in [0.25, 0.3) is 0 Å². The maximum Gasteiger partial charge on any atom is 0.102 e. The smallest absolute Gasteiger partial charge is 0.102 e. The fourth-order valence-electron chi connectivity index (χ4n) is 1.99. The lowest BCUT2D eigenvalue weighted by molar-refractivity contribution is -0.111. The van der Waals surface area contributed by atoms with Gasteiger partial charge >= 0.3 is 0 Å². The highest BCUT2D eigenvalue weighted by Crippen LogP contribution is 2.28. The second-order valence-corrected chi connectivity index (χ2v) is 4.95. The van der Waals surface area contributed by atoms with Crippen molar-refractivity contribution in [2.24, 2.45) is 5.41 Å². The zero-order valence-electron chi connectivity index (χ0n) is 9.78. The van der Waals surface area contributed by atoms with E-state index in [-0.39, 0.29) is 5.41 Å². The Bertz CT molecular complexity index is 486. The van der Waals surface area contributed by atoms with Crippen LogP contribution >= 0.6 is 0 Å². The maximum atomic E-state index is 5.23. The van der Waals surface area contributed by atoms with Crippen molar-refractivity contribution in [2.75, 3.05) is 13.2 Å². The minimum Gasteiger partial charge on any atom is -0.380 e. The number of imidazole rings is 1. The predicted molar refractivity (Wildman–Crippen MR) is 60.3 cm³/mol. The molecule has 0 aliphatic carbocycles. The summed E-state index contributed by atoms with van der Waals surface area (Å²) in [5.41, 5.74) is 1.17. The molecular weight excluding hydrogens is 218 g/mol. The Kier molecular flexibility index (Phi) is 2.44. The Morgan fingerprint density at radius 1 is 1.47 bits per heavy atom. The third-order valence-electron chi connectivity index (χ3n) is 2.93. The highest BCUT2D eigenvalue weighted by atomic mass is 16.5. The first-order valence-corrected chi connectivity index (χ1v) is 5.66. The van der Waals surface area contributed by atoms with Crippen LogP contribution in [0.1, 0.15) is 12.6 Å². The molecule has 0 radical (unpaired) electrons. The molecule has 6 nitrogen and oxygen atoms in total. The standard InChI is InChI=1S/C11H15N5O/c1-11(7-17-8-11)6-16-5-10(13-14-16)4-15-3-2-12-9-15/h2-3,5,9H,4,6-8H2,1H3. The fourth-order valence-corrected chi connectivity index (χ4v) is 1.99. The van der Waals surface area contributed by atoms with E-state index in [4.69, 9.17) is 4.74 Å². The average Bonchev–Trinajstić information content (AvgIpc) is 2.89. The number of hydrogen-bond acceptors (Lipinski definition) is 4. The zero-order chi connectivity index (χ0) is 11.7. The lowest BCUT2D eigenvalue weighted by Crippen LogP contribution is -2.43. The minimum atomic E-state index is 0.222. The topological polar surface area (TPSA) is 57.8 Å². The molecule has 1 saturated heterocycles. The SMILES string of the molecule is CC1(Cn2cc(Cn3ccnc3)nn2)COC1. The molecule has 17 heavy (non-hydrogen) atoms. The van der Waals surface area contributed by atoms with E-state index in [0.29, 0.717) is 6.54 Å². The maximum absolute atomic E-state index is 5.23. The van der Waals surface area contributed by atoms with E-state index in [1.165, 1.54) is 0 Å². The largest absolute Gasteiger partial charge is 0.380 e. The predicted octanol–water partition coefficient (Wildman–Crippen LogP) is 0.559. The van der Waals surface area contributed by atoms with Crippen LogP contribution in [0.3, 0.4) is 0 Å². The van der Waals surface area contributed by atoms with E-state index in [2.05, 4.69) is 22.2 Å². The zero-order valence-corrected chi connectivity index (χ0v) is 9.78. The number of ether oxygens (including phenoxy) is 1. The minimum absolute atomic E-state index is 0.222. The molecule has 1 fully saturated rings. The van der Waals surface area contributed by atoms with Crippen LogP contribution in [0.25, 0.3) is 0 Å². The van der Waals surface area contributed by atoms with Crippen molar-refractivity contribution in [3.05, 3.63) is 30.6 Å². The van der Waals surface area contributed by atoms with Gasteiger partial charge in [-0.25, -0.2) is 4.98 Å². The molecule has 0 bridgehead atoms. The molecule has 2 aromatic rings. The summed E-state index contributed by atoms with van der Waals surface area (Å²) in [5.74, 6) is 0. The van der Waals surface area contributed by atoms with Crippen molar-refractivity contribution in [2.45, 2.75) is 20.0 Å². The van der Waals surface area contributed by atoms with Gasteiger partial charge in [-0.3, -0.25) is 4.68 Å². The lowest BCUT2D eigenvalue weighted by atomic mass is 9.89. The van der Waals surface area contributed by atoms with Crippen molar-refractivity contribution in [3.63, 3.8) is 0 Å². The van der Waals surface area contributed by atoms with Gasteiger partial charge in [0.2, 0.25) is 0 Å². The lowest BCUT2D eigenvalue weighted by Gasteiger charge is -2.37. The van der Waals surface area contributed by atoms with Crippen LogP contribution in [-0.4, -0.2) is 37.8 Å². The molecule has 1 aliphatic heterocycles. The van der Waals surface area contributed by atoms with Gasteiger partial charge in [-0.15, -0.1) is 5.10 Å². The van der Waals surface area contributed by atoms with Crippen LogP contribution in [0.4, 0.5) is 0 Å². The summed E-state index contributed by atoms with van der Waals surface area (Å²) in [5, 5.41) is 8.30. The van der Waals surface area contributed by atoms with Crippen molar-refractivity contribution in [1.82, 2.24) is 24.5 Å².